The molecule has 1 atom stereocenters. The Kier molecular flexibility index (Phi) is 10.3. The predicted octanol–water partition coefficient (Wildman–Crippen LogP) is 6.03. The van der Waals surface area contributed by atoms with Gasteiger partial charge < -0.3 is 33.3 Å². The summed E-state index contributed by atoms with van der Waals surface area (Å²) in [4.78, 5) is 2.31. The van der Waals surface area contributed by atoms with Crippen LogP contribution in [-0.4, -0.2) is 66.7 Å². The van der Waals surface area contributed by atoms with Gasteiger partial charge in [0, 0.05) is 13.1 Å². The summed E-state index contributed by atoms with van der Waals surface area (Å²) in [6, 6.07) is 20.3. The van der Waals surface area contributed by atoms with E-state index in [0.717, 1.165) is 66.5 Å². The lowest BCUT2D eigenvalue weighted by molar-refractivity contribution is -0.0741. The van der Waals surface area contributed by atoms with E-state index in [1.807, 2.05) is 24.3 Å². The van der Waals surface area contributed by atoms with Crippen LogP contribution in [0.1, 0.15) is 48.1 Å². The van der Waals surface area contributed by atoms with Gasteiger partial charge in [-0.25, -0.2) is 0 Å². The van der Waals surface area contributed by atoms with Crippen LogP contribution in [0.5, 0.6) is 23.0 Å². The number of likely N-dealkylation sites (N-methyl/N-ethyl adjacent to an activating group) is 1. The van der Waals surface area contributed by atoms with Crippen molar-refractivity contribution in [1.82, 2.24) is 4.90 Å². The van der Waals surface area contributed by atoms with Crippen molar-refractivity contribution in [2.24, 2.45) is 0 Å². The van der Waals surface area contributed by atoms with Crippen molar-refractivity contribution in [3.05, 3.63) is 82.9 Å². The molecule has 0 spiro atoms. The molecule has 1 aliphatic heterocycles. The number of methoxy groups -OCH3 is 4. The molecule has 0 amide bonds. The standard InChI is InChI=1S/C33H43NO6/c1-7-33(29-23-31(38-6)30(37-5)22-26(29)16-20-40-33)17-18-34(2)19-21-39-32(24-8-12-27(35-3)13-9-24)25-10-14-28(36-4)15-11-25/h8-15,22-23,32H,7,16-21H2,1-6H3. The second kappa shape index (κ2) is 13.9. The molecule has 7 nitrogen and oxygen atoms in total. The van der Waals surface area contributed by atoms with Crippen LogP contribution in [0.3, 0.4) is 0 Å². The molecule has 0 saturated carbocycles. The van der Waals surface area contributed by atoms with E-state index in [1.54, 1.807) is 28.4 Å². The van der Waals surface area contributed by atoms with Gasteiger partial charge in [0.1, 0.15) is 17.6 Å². The molecule has 0 aromatic heterocycles. The number of fused-ring (bicyclic) bond motifs is 1. The highest BCUT2D eigenvalue weighted by Crippen LogP contribution is 2.43. The molecule has 216 valence electrons. The van der Waals surface area contributed by atoms with Crippen LogP contribution in [0.4, 0.5) is 0 Å². The first-order chi connectivity index (χ1) is 19.5. The fraction of sp³-hybridized carbons (Fsp3) is 0.455. The molecule has 0 saturated heterocycles. The van der Waals surface area contributed by atoms with Gasteiger partial charge in [0.25, 0.3) is 0 Å². The first-order valence-corrected chi connectivity index (χ1v) is 13.9. The molecule has 0 bridgehead atoms. The Hall–Kier alpha value is -3.26. The van der Waals surface area contributed by atoms with Crippen LogP contribution < -0.4 is 18.9 Å². The first-order valence-electron chi connectivity index (χ1n) is 13.9. The number of ether oxygens (including phenoxy) is 6. The molecule has 1 heterocycles. The van der Waals surface area contributed by atoms with Crippen molar-refractivity contribution in [3.63, 3.8) is 0 Å². The van der Waals surface area contributed by atoms with Crippen LogP contribution >= 0.6 is 0 Å². The maximum atomic E-state index is 6.50. The van der Waals surface area contributed by atoms with Crippen LogP contribution in [0.25, 0.3) is 0 Å². The molecule has 40 heavy (non-hydrogen) atoms. The zero-order valence-corrected chi connectivity index (χ0v) is 24.7. The van der Waals surface area contributed by atoms with E-state index >= 15 is 0 Å². The number of hydrogen-bond acceptors (Lipinski definition) is 7. The van der Waals surface area contributed by atoms with Crippen molar-refractivity contribution in [2.45, 2.75) is 37.9 Å². The fourth-order valence-electron chi connectivity index (χ4n) is 5.41. The molecule has 3 aromatic carbocycles. The van der Waals surface area contributed by atoms with Gasteiger partial charge in [-0.2, -0.15) is 0 Å². The van der Waals surface area contributed by atoms with Gasteiger partial charge in [0.15, 0.2) is 11.5 Å². The number of hydrogen-bond donors (Lipinski definition) is 0. The summed E-state index contributed by atoms with van der Waals surface area (Å²) in [6.45, 7) is 5.15. The van der Waals surface area contributed by atoms with E-state index in [9.17, 15) is 0 Å². The first kappa shape index (κ1) is 29.7. The molecule has 3 aromatic rings. The molecule has 0 fully saturated rings. The minimum Gasteiger partial charge on any atom is -0.497 e. The van der Waals surface area contributed by atoms with Crippen LogP contribution in [-0.2, 0) is 21.5 Å². The highest BCUT2D eigenvalue weighted by molar-refractivity contribution is 5.50. The zero-order valence-electron chi connectivity index (χ0n) is 24.7. The fourth-order valence-corrected chi connectivity index (χ4v) is 5.41. The summed E-state index contributed by atoms with van der Waals surface area (Å²) in [7, 11) is 8.85. The van der Waals surface area contributed by atoms with Gasteiger partial charge in [-0.3, -0.25) is 0 Å². The lowest BCUT2D eigenvalue weighted by Crippen LogP contribution is -2.39. The largest absolute Gasteiger partial charge is 0.497 e. The summed E-state index contributed by atoms with van der Waals surface area (Å²) in [5, 5.41) is 0. The maximum absolute atomic E-state index is 6.50. The summed E-state index contributed by atoms with van der Waals surface area (Å²) < 4.78 is 34.9. The summed E-state index contributed by atoms with van der Waals surface area (Å²) >= 11 is 0. The van der Waals surface area contributed by atoms with E-state index in [1.165, 1.54) is 11.1 Å². The Bertz CT molecular complexity index is 1170. The minimum atomic E-state index is -0.350. The molecular weight excluding hydrogens is 506 g/mol. The molecule has 1 aliphatic rings. The smallest absolute Gasteiger partial charge is 0.161 e. The van der Waals surface area contributed by atoms with Gasteiger partial charge in [0.05, 0.1) is 47.3 Å². The van der Waals surface area contributed by atoms with Gasteiger partial charge in [0.2, 0.25) is 0 Å². The molecule has 1 unspecified atom stereocenters. The van der Waals surface area contributed by atoms with Crippen LogP contribution in [0.2, 0.25) is 0 Å². The Morgan fingerprint density at radius 3 is 1.90 bits per heavy atom. The van der Waals surface area contributed by atoms with Gasteiger partial charge in [-0.05, 0) is 85.0 Å². The molecule has 4 rings (SSSR count). The van der Waals surface area contributed by atoms with Gasteiger partial charge in [-0.15, -0.1) is 0 Å². The van der Waals surface area contributed by atoms with E-state index < -0.39 is 0 Å². The van der Waals surface area contributed by atoms with Crippen molar-refractivity contribution in [1.29, 1.82) is 0 Å². The highest BCUT2D eigenvalue weighted by atomic mass is 16.5. The maximum Gasteiger partial charge on any atom is 0.161 e. The van der Waals surface area contributed by atoms with Gasteiger partial charge >= 0.3 is 0 Å². The van der Waals surface area contributed by atoms with Gasteiger partial charge in [-0.1, -0.05) is 31.2 Å². The predicted molar refractivity (Wildman–Crippen MR) is 157 cm³/mol. The van der Waals surface area contributed by atoms with Crippen molar-refractivity contribution >= 4 is 0 Å². The molecule has 0 aliphatic carbocycles. The topological polar surface area (TPSA) is 58.6 Å². The van der Waals surface area contributed by atoms with E-state index in [4.69, 9.17) is 28.4 Å². The Labute approximate surface area is 238 Å². The SMILES string of the molecule is CCC1(CCN(C)CCOC(c2ccc(OC)cc2)c2ccc(OC)cc2)OCCc2cc(OC)c(OC)cc21. The molecule has 0 N–H and O–H groups in total. The quantitative estimate of drug-likeness (QED) is 0.243. The van der Waals surface area contributed by atoms with Crippen molar-refractivity contribution < 1.29 is 28.4 Å². The van der Waals surface area contributed by atoms with Crippen molar-refractivity contribution in [3.8, 4) is 23.0 Å². The number of rotatable bonds is 14. The monoisotopic (exact) mass is 549 g/mol. The third-order valence-electron chi connectivity index (χ3n) is 7.91. The summed E-state index contributed by atoms with van der Waals surface area (Å²) in [6.07, 6.45) is 2.45. The summed E-state index contributed by atoms with van der Waals surface area (Å²) in [5.41, 5.74) is 4.29. The van der Waals surface area contributed by atoms with Crippen LogP contribution in [0.15, 0.2) is 60.7 Å². The third kappa shape index (κ3) is 6.72. The number of benzene rings is 3. The number of nitrogens with zero attached hydrogens (tertiary/aromatic N) is 1. The van der Waals surface area contributed by atoms with E-state index in [2.05, 4.69) is 55.3 Å². The molecular formula is C33H43NO6. The normalized spacial score (nSPS) is 16.6. The zero-order chi connectivity index (χ0) is 28.5. The average molecular weight is 550 g/mol. The van der Waals surface area contributed by atoms with Crippen molar-refractivity contribution in [2.75, 3.05) is 61.8 Å². The van der Waals surface area contributed by atoms with Crippen LogP contribution in [0, 0.1) is 0 Å². The lowest BCUT2D eigenvalue weighted by atomic mass is 9.81. The van der Waals surface area contributed by atoms with E-state index in [-0.39, 0.29) is 11.7 Å². The third-order valence-corrected chi connectivity index (χ3v) is 7.91. The Balaban J connectivity index is 1.42. The van der Waals surface area contributed by atoms with E-state index in [0.29, 0.717) is 13.2 Å². The summed E-state index contributed by atoms with van der Waals surface area (Å²) in [5.74, 6) is 3.16. The Morgan fingerprint density at radius 2 is 1.38 bits per heavy atom. The highest BCUT2D eigenvalue weighted by Gasteiger charge is 2.37. The lowest BCUT2D eigenvalue weighted by Gasteiger charge is -2.40. The molecule has 7 heteroatoms. The molecule has 0 radical (unpaired) electrons. The Morgan fingerprint density at radius 1 is 0.800 bits per heavy atom. The second-order valence-electron chi connectivity index (χ2n) is 10.2. The average Bonchev–Trinajstić information content (AvgIpc) is 3.01. The minimum absolute atomic E-state index is 0.191. The second-order valence-corrected chi connectivity index (χ2v) is 10.2.